The van der Waals surface area contributed by atoms with Crippen molar-refractivity contribution < 1.29 is 4.79 Å². The van der Waals surface area contributed by atoms with Crippen LogP contribution < -0.4 is 16.2 Å². The zero-order chi connectivity index (χ0) is 16.4. The van der Waals surface area contributed by atoms with Crippen LogP contribution in [0.3, 0.4) is 0 Å². The largest absolute Gasteiger partial charge is 0.361 e. The highest BCUT2D eigenvalue weighted by molar-refractivity contribution is 7.80. The van der Waals surface area contributed by atoms with Gasteiger partial charge in [-0.3, -0.25) is 15.6 Å². The molecule has 0 heterocycles. The van der Waals surface area contributed by atoms with Crippen LogP contribution in [0.5, 0.6) is 0 Å². The standard InChI is InChI=1S/C16H24ClN3OS/c1-3-5-6-12(4-2)11-18-16(22)20-19-15(21)13-7-9-14(17)10-8-13/h7-10,12H,3-6,11H2,1-2H3,(H,19,21)(H2,18,20,22)/t12-/m0/s1. The third-order valence-corrected chi connectivity index (χ3v) is 3.99. The summed E-state index contributed by atoms with van der Waals surface area (Å²) in [6, 6.07) is 6.67. The number of halogens is 1. The number of nitrogens with one attached hydrogen (secondary N) is 3. The number of amides is 1. The first kappa shape index (κ1) is 18.7. The number of thiocarbonyl (C=S) groups is 1. The van der Waals surface area contributed by atoms with Gasteiger partial charge in [0.25, 0.3) is 5.91 Å². The van der Waals surface area contributed by atoms with E-state index in [1.807, 2.05) is 0 Å². The summed E-state index contributed by atoms with van der Waals surface area (Å²) < 4.78 is 0. The second-order valence-electron chi connectivity index (χ2n) is 5.21. The number of rotatable bonds is 7. The van der Waals surface area contributed by atoms with Gasteiger partial charge in [0.1, 0.15) is 0 Å². The molecular weight excluding hydrogens is 318 g/mol. The highest BCUT2D eigenvalue weighted by Gasteiger charge is 2.08. The maximum absolute atomic E-state index is 11.9. The summed E-state index contributed by atoms with van der Waals surface area (Å²) in [5.74, 6) is 0.352. The summed E-state index contributed by atoms with van der Waals surface area (Å²) >= 11 is 11.0. The number of unbranched alkanes of at least 4 members (excludes halogenated alkanes) is 1. The fourth-order valence-corrected chi connectivity index (χ4v) is 2.27. The molecule has 1 amide bonds. The number of hydrazine groups is 1. The first-order chi connectivity index (χ1) is 10.6. The van der Waals surface area contributed by atoms with Crippen molar-refractivity contribution in [2.24, 2.45) is 5.92 Å². The number of hydrogen-bond donors (Lipinski definition) is 3. The summed E-state index contributed by atoms with van der Waals surface area (Å²) in [5.41, 5.74) is 5.81. The van der Waals surface area contributed by atoms with Crippen molar-refractivity contribution in [3.8, 4) is 0 Å². The molecule has 3 N–H and O–H groups in total. The minimum atomic E-state index is -0.251. The molecule has 1 aromatic carbocycles. The second kappa shape index (κ2) is 10.4. The molecule has 0 aromatic heterocycles. The topological polar surface area (TPSA) is 53.2 Å². The molecule has 0 aliphatic heterocycles. The normalized spacial score (nSPS) is 11.6. The molecule has 1 rings (SSSR count). The molecule has 0 saturated heterocycles. The Balaban J connectivity index is 2.30. The van der Waals surface area contributed by atoms with Crippen LogP contribution in [0.25, 0.3) is 0 Å². The molecule has 4 nitrogen and oxygen atoms in total. The predicted molar refractivity (Wildman–Crippen MR) is 96.0 cm³/mol. The van der Waals surface area contributed by atoms with Gasteiger partial charge in [0.15, 0.2) is 5.11 Å². The number of carbonyl (C=O) groups is 1. The van der Waals surface area contributed by atoms with Crippen LogP contribution in [0.1, 0.15) is 49.9 Å². The van der Waals surface area contributed by atoms with Gasteiger partial charge in [0.2, 0.25) is 0 Å². The number of hydrogen-bond acceptors (Lipinski definition) is 2. The molecule has 0 unspecified atom stereocenters. The lowest BCUT2D eigenvalue weighted by molar-refractivity contribution is 0.0943. The molecule has 0 saturated carbocycles. The van der Waals surface area contributed by atoms with Crippen LogP contribution in [0, 0.1) is 5.92 Å². The average molecular weight is 342 g/mol. The fourth-order valence-electron chi connectivity index (χ4n) is 2.01. The maximum Gasteiger partial charge on any atom is 0.269 e. The van der Waals surface area contributed by atoms with Crippen molar-refractivity contribution in [2.45, 2.75) is 39.5 Å². The molecule has 1 aromatic rings. The second-order valence-corrected chi connectivity index (χ2v) is 6.06. The van der Waals surface area contributed by atoms with Crippen LogP contribution in [-0.4, -0.2) is 17.6 Å². The van der Waals surface area contributed by atoms with E-state index < -0.39 is 0 Å². The first-order valence-corrected chi connectivity index (χ1v) is 8.45. The summed E-state index contributed by atoms with van der Waals surface area (Å²) in [7, 11) is 0. The van der Waals surface area contributed by atoms with Crippen LogP contribution in [0.4, 0.5) is 0 Å². The molecule has 22 heavy (non-hydrogen) atoms. The van der Waals surface area contributed by atoms with E-state index in [0.717, 1.165) is 13.0 Å². The van der Waals surface area contributed by atoms with Gasteiger partial charge in [-0.2, -0.15) is 0 Å². The van der Waals surface area contributed by atoms with Crippen molar-refractivity contribution >= 4 is 34.8 Å². The summed E-state index contributed by atoms with van der Waals surface area (Å²) in [6.45, 7) is 5.19. The van der Waals surface area contributed by atoms with Gasteiger partial charge in [-0.25, -0.2) is 0 Å². The minimum absolute atomic E-state index is 0.251. The van der Waals surface area contributed by atoms with Gasteiger partial charge in [-0.15, -0.1) is 0 Å². The van der Waals surface area contributed by atoms with E-state index >= 15 is 0 Å². The number of carbonyl (C=O) groups excluding carboxylic acids is 1. The van der Waals surface area contributed by atoms with E-state index in [4.69, 9.17) is 23.8 Å². The highest BCUT2D eigenvalue weighted by Crippen LogP contribution is 2.11. The van der Waals surface area contributed by atoms with Crippen LogP contribution in [0.2, 0.25) is 5.02 Å². The van der Waals surface area contributed by atoms with E-state index in [-0.39, 0.29) is 5.91 Å². The van der Waals surface area contributed by atoms with Crippen molar-refractivity contribution in [2.75, 3.05) is 6.54 Å². The molecule has 6 heteroatoms. The van der Waals surface area contributed by atoms with Crippen LogP contribution in [-0.2, 0) is 0 Å². The summed E-state index contributed by atoms with van der Waals surface area (Å²) in [4.78, 5) is 11.9. The van der Waals surface area contributed by atoms with Crippen LogP contribution in [0.15, 0.2) is 24.3 Å². The van der Waals surface area contributed by atoms with Crippen molar-refractivity contribution in [1.82, 2.24) is 16.2 Å². The molecular formula is C16H24ClN3OS. The van der Waals surface area contributed by atoms with Gasteiger partial charge in [0.05, 0.1) is 0 Å². The predicted octanol–water partition coefficient (Wildman–Crippen LogP) is 3.67. The summed E-state index contributed by atoms with van der Waals surface area (Å²) in [6.07, 6.45) is 4.75. The molecule has 0 spiro atoms. The molecule has 1 atom stereocenters. The fraction of sp³-hybridized carbons (Fsp3) is 0.500. The maximum atomic E-state index is 11.9. The lowest BCUT2D eigenvalue weighted by Crippen LogP contribution is -2.47. The van der Waals surface area contributed by atoms with Crippen molar-refractivity contribution in [3.05, 3.63) is 34.9 Å². The van der Waals surface area contributed by atoms with Crippen molar-refractivity contribution in [3.63, 3.8) is 0 Å². The highest BCUT2D eigenvalue weighted by atomic mass is 35.5. The van der Waals surface area contributed by atoms with E-state index in [1.165, 1.54) is 19.3 Å². The lowest BCUT2D eigenvalue weighted by atomic mass is 9.99. The lowest BCUT2D eigenvalue weighted by Gasteiger charge is -2.17. The SMILES string of the molecule is CCCC[C@H](CC)CNC(=S)NNC(=O)c1ccc(Cl)cc1. The Morgan fingerprint density at radius 1 is 1.23 bits per heavy atom. The zero-order valence-electron chi connectivity index (χ0n) is 13.1. The Morgan fingerprint density at radius 3 is 2.50 bits per heavy atom. The average Bonchev–Trinajstić information content (AvgIpc) is 2.53. The zero-order valence-corrected chi connectivity index (χ0v) is 14.7. The third kappa shape index (κ3) is 7.09. The number of benzene rings is 1. The molecule has 0 aliphatic rings. The monoisotopic (exact) mass is 341 g/mol. The minimum Gasteiger partial charge on any atom is -0.361 e. The Kier molecular flexibility index (Phi) is 8.85. The van der Waals surface area contributed by atoms with Gasteiger partial charge < -0.3 is 5.32 Å². The Labute approximate surface area is 143 Å². The quantitative estimate of drug-likeness (QED) is 0.523. The Hall–Kier alpha value is -1.33. The van der Waals surface area contributed by atoms with Crippen LogP contribution >= 0.6 is 23.8 Å². The Bertz CT molecular complexity index is 479. The molecule has 0 fully saturated rings. The molecule has 0 radical (unpaired) electrons. The smallest absolute Gasteiger partial charge is 0.269 e. The Morgan fingerprint density at radius 2 is 1.91 bits per heavy atom. The van der Waals surface area contributed by atoms with Gasteiger partial charge >= 0.3 is 0 Å². The summed E-state index contributed by atoms with van der Waals surface area (Å²) in [5, 5.41) is 4.17. The molecule has 0 bridgehead atoms. The molecule has 0 aliphatic carbocycles. The van der Waals surface area contributed by atoms with E-state index in [0.29, 0.717) is 21.6 Å². The van der Waals surface area contributed by atoms with E-state index in [2.05, 4.69) is 30.0 Å². The first-order valence-electron chi connectivity index (χ1n) is 7.66. The van der Waals surface area contributed by atoms with Gasteiger partial charge in [-0.05, 0) is 48.8 Å². The van der Waals surface area contributed by atoms with Gasteiger partial charge in [0, 0.05) is 17.1 Å². The van der Waals surface area contributed by atoms with Crippen molar-refractivity contribution in [1.29, 1.82) is 0 Å². The van der Waals surface area contributed by atoms with E-state index in [1.54, 1.807) is 24.3 Å². The third-order valence-electron chi connectivity index (χ3n) is 3.49. The van der Waals surface area contributed by atoms with Gasteiger partial charge in [-0.1, -0.05) is 44.7 Å². The molecule has 122 valence electrons. The van der Waals surface area contributed by atoms with E-state index in [9.17, 15) is 4.79 Å².